The lowest BCUT2D eigenvalue weighted by atomic mass is 10.4. The van der Waals surface area contributed by atoms with E-state index in [-0.39, 0.29) is 5.75 Å². The minimum Gasteiger partial charge on any atom is -0.224 e. The summed E-state index contributed by atoms with van der Waals surface area (Å²) >= 11 is 0. The Balaban J connectivity index is 3.59. The first-order valence-corrected chi connectivity index (χ1v) is 7.77. The van der Waals surface area contributed by atoms with Crippen LogP contribution in [0.3, 0.4) is 0 Å². The molecule has 1 rings (SSSR count). The Bertz CT molecular complexity index is 606. The highest BCUT2D eigenvalue weighted by atomic mass is 32.2. The van der Waals surface area contributed by atoms with Crippen molar-refractivity contribution in [3.63, 3.8) is 0 Å². The van der Waals surface area contributed by atoms with Gasteiger partial charge in [-0.15, -0.1) is 0 Å². The molecular formula is C9H10F2O4S2. The molecule has 0 N–H and O–H groups in total. The molecule has 1 aromatic rings. The fraction of sp³-hybridized carbons (Fsp3) is 0.333. The van der Waals surface area contributed by atoms with Crippen molar-refractivity contribution in [2.24, 2.45) is 0 Å². The van der Waals surface area contributed by atoms with Gasteiger partial charge in [-0.05, 0) is 12.1 Å². The summed E-state index contributed by atoms with van der Waals surface area (Å²) in [6.07, 6.45) is 0. The van der Waals surface area contributed by atoms with Gasteiger partial charge in [0.2, 0.25) is 9.84 Å². The van der Waals surface area contributed by atoms with Crippen LogP contribution in [0.15, 0.2) is 34.1 Å². The number of sulfone groups is 2. The molecule has 4 nitrogen and oxygen atoms in total. The molecule has 0 saturated carbocycles. The maximum atomic E-state index is 12.4. The van der Waals surface area contributed by atoms with Crippen LogP contribution in [0.25, 0.3) is 0 Å². The van der Waals surface area contributed by atoms with Crippen molar-refractivity contribution in [2.75, 3.05) is 5.75 Å². The topological polar surface area (TPSA) is 68.3 Å². The summed E-state index contributed by atoms with van der Waals surface area (Å²) in [4.78, 5) is -1.43. The van der Waals surface area contributed by atoms with Gasteiger partial charge in [-0.1, -0.05) is 19.1 Å². The van der Waals surface area contributed by atoms with Gasteiger partial charge >= 0.3 is 5.76 Å². The van der Waals surface area contributed by atoms with E-state index < -0.39 is 35.2 Å². The Hall–Kier alpha value is -1.02. The van der Waals surface area contributed by atoms with Gasteiger partial charge in [-0.2, -0.15) is 8.78 Å². The van der Waals surface area contributed by atoms with Crippen LogP contribution in [0.2, 0.25) is 0 Å². The maximum absolute atomic E-state index is 12.4. The fourth-order valence-electron chi connectivity index (χ4n) is 1.19. The number of alkyl halides is 2. The zero-order chi connectivity index (χ0) is 13.3. The second-order valence-corrected chi connectivity index (χ2v) is 7.29. The lowest BCUT2D eigenvalue weighted by Gasteiger charge is -2.09. The fourth-order valence-corrected chi connectivity index (χ4v) is 3.70. The quantitative estimate of drug-likeness (QED) is 0.839. The molecule has 0 heterocycles. The Morgan fingerprint density at radius 1 is 1.06 bits per heavy atom. The van der Waals surface area contributed by atoms with E-state index in [2.05, 4.69) is 0 Å². The van der Waals surface area contributed by atoms with Gasteiger partial charge in [0, 0.05) is 0 Å². The van der Waals surface area contributed by atoms with Crippen LogP contribution in [0.1, 0.15) is 6.92 Å². The molecular weight excluding hydrogens is 274 g/mol. The maximum Gasteiger partial charge on any atom is 0.341 e. The van der Waals surface area contributed by atoms with Crippen LogP contribution in [-0.2, 0) is 19.7 Å². The van der Waals surface area contributed by atoms with Crippen LogP contribution in [-0.4, -0.2) is 28.3 Å². The number of hydrogen-bond acceptors (Lipinski definition) is 4. The predicted molar refractivity (Wildman–Crippen MR) is 57.4 cm³/mol. The predicted octanol–water partition coefficient (Wildman–Crippen LogP) is 1.48. The molecule has 0 aliphatic rings. The Kier molecular flexibility index (Phi) is 3.88. The Labute approximate surface area is 98.1 Å². The van der Waals surface area contributed by atoms with E-state index in [1.54, 1.807) is 0 Å². The van der Waals surface area contributed by atoms with Gasteiger partial charge < -0.3 is 0 Å². The monoisotopic (exact) mass is 284 g/mol. The highest BCUT2D eigenvalue weighted by Gasteiger charge is 2.32. The second-order valence-electron chi connectivity index (χ2n) is 3.16. The van der Waals surface area contributed by atoms with Crippen molar-refractivity contribution in [1.82, 2.24) is 0 Å². The van der Waals surface area contributed by atoms with E-state index in [0.29, 0.717) is 0 Å². The van der Waals surface area contributed by atoms with Crippen LogP contribution in [0.5, 0.6) is 0 Å². The number of halogens is 2. The normalized spacial score (nSPS) is 12.9. The first kappa shape index (κ1) is 14.0. The summed E-state index contributed by atoms with van der Waals surface area (Å²) in [5, 5.41) is 0. The van der Waals surface area contributed by atoms with Gasteiger partial charge in [0.25, 0.3) is 0 Å². The zero-order valence-corrected chi connectivity index (χ0v) is 10.4. The number of benzene rings is 1. The summed E-state index contributed by atoms with van der Waals surface area (Å²) in [7, 11) is -8.77. The summed E-state index contributed by atoms with van der Waals surface area (Å²) in [5.74, 6) is -4.00. The lowest BCUT2D eigenvalue weighted by Crippen LogP contribution is -2.16. The minimum atomic E-state index is -4.91. The van der Waals surface area contributed by atoms with Crippen molar-refractivity contribution >= 4 is 19.7 Å². The molecule has 1 aromatic carbocycles. The SMILES string of the molecule is CCS(=O)(=O)c1ccccc1S(=O)(=O)C(F)F. The molecule has 0 aromatic heterocycles. The van der Waals surface area contributed by atoms with Gasteiger partial charge in [0.05, 0.1) is 15.5 Å². The molecule has 8 heteroatoms. The molecule has 0 unspecified atom stereocenters. The molecule has 17 heavy (non-hydrogen) atoms. The number of rotatable bonds is 4. The first-order valence-electron chi connectivity index (χ1n) is 4.57. The third kappa shape index (κ3) is 2.63. The molecule has 0 aliphatic carbocycles. The summed E-state index contributed by atoms with van der Waals surface area (Å²) < 4.78 is 70.5. The molecule has 0 amide bonds. The third-order valence-corrected chi connectivity index (χ3v) is 5.46. The van der Waals surface area contributed by atoms with Crippen molar-refractivity contribution < 1.29 is 25.6 Å². The van der Waals surface area contributed by atoms with Crippen molar-refractivity contribution in [1.29, 1.82) is 0 Å². The first-order chi connectivity index (χ1) is 7.73. The third-order valence-electron chi connectivity index (χ3n) is 2.11. The van der Waals surface area contributed by atoms with Gasteiger partial charge in [-0.3, -0.25) is 0 Å². The largest absolute Gasteiger partial charge is 0.341 e. The van der Waals surface area contributed by atoms with Crippen molar-refractivity contribution in [3.8, 4) is 0 Å². The van der Waals surface area contributed by atoms with Crippen molar-refractivity contribution in [2.45, 2.75) is 22.5 Å². The Morgan fingerprint density at radius 2 is 1.53 bits per heavy atom. The van der Waals surface area contributed by atoms with E-state index in [0.717, 1.165) is 12.1 Å². The molecule has 96 valence electrons. The highest BCUT2D eigenvalue weighted by Crippen LogP contribution is 2.26. The van der Waals surface area contributed by atoms with E-state index in [1.165, 1.54) is 19.1 Å². The average Bonchev–Trinajstić information content (AvgIpc) is 2.29. The number of hydrogen-bond donors (Lipinski definition) is 0. The van der Waals surface area contributed by atoms with Crippen LogP contribution in [0, 0.1) is 0 Å². The minimum absolute atomic E-state index is 0.358. The standard InChI is InChI=1S/C9H10F2O4S2/c1-2-16(12,13)7-5-3-4-6-8(7)17(14,15)9(10)11/h3-6,9H,2H2,1H3. The van der Waals surface area contributed by atoms with Gasteiger partial charge in [-0.25, -0.2) is 16.8 Å². The summed E-state index contributed by atoms with van der Waals surface area (Å²) in [5.41, 5.74) is 0. The lowest BCUT2D eigenvalue weighted by molar-refractivity contribution is 0.234. The van der Waals surface area contributed by atoms with Crippen LogP contribution in [0.4, 0.5) is 8.78 Å². The van der Waals surface area contributed by atoms with Crippen molar-refractivity contribution in [3.05, 3.63) is 24.3 Å². The molecule has 0 spiro atoms. The molecule has 0 fully saturated rings. The van der Waals surface area contributed by atoms with E-state index in [4.69, 9.17) is 0 Å². The molecule has 0 radical (unpaired) electrons. The van der Waals surface area contributed by atoms with Gasteiger partial charge in [0.1, 0.15) is 0 Å². The Morgan fingerprint density at radius 3 is 1.94 bits per heavy atom. The van der Waals surface area contributed by atoms with Gasteiger partial charge in [0.15, 0.2) is 9.84 Å². The van der Waals surface area contributed by atoms with E-state index in [1.807, 2.05) is 0 Å². The van der Waals surface area contributed by atoms with Crippen LogP contribution < -0.4 is 0 Å². The molecule has 0 saturated heterocycles. The van der Waals surface area contributed by atoms with E-state index >= 15 is 0 Å². The second kappa shape index (κ2) is 4.69. The summed E-state index contributed by atoms with van der Waals surface area (Å²) in [6.45, 7) is 1.31. The van der Waals surface area contributed by atoms with Crippen LogP contribution >= 0.6 is 0 Å². The smallest absolute Gasteiger partial charge is 0.224 e. The summed E-state index contributed by atoms with van der Waals surface area (Å²) in [6, 6.07) is 4.36. The zero-order valence-electron chi connectivity index (χ0n) is 8.80. The highest BCUT2D eigenvalue weighted by molar-refractivity contribution is 7.94. The van der Waals surface area contributed by atoms with E-state index in [9.17, 15) is 25.6 Å². The average molecular weight is 284 g/mol. The molecule has 0 aliphatic heterocycles. The molecule has 0 bridgehead atoms. The molecule has 0 atom stereocenters.